The Labute approximate surface area is 145 Å². The SMILES string of the molecule is C[C@@H]1CN(C(=O)c2cnn[nH]2)[C@@H](C)CN1S(=O)(=O)c1ccc(O)cc1. The highest BCUT2D eigenvalue weighted by Gasteiger charge is 2.39. The second-order valence-electron chi connectivity index (χ2n) is 6.09. The quantitative estimate of drug-likeness (QED) is 0.814. The van der Waals surface area contributed by atoms with Crippen LogP contribution in [0.4, 0.5) is 0 Å². The van der Waals surface area contributed by atoms with E-state index in [1.165, 1.54) is 34.8 Å². The number of aromatic hydroxyl groups is 1. The lowest BCUT2D eigenvalue weighted by Crippen LogP contribution is -2.59. The summed E-state index contributed by atoms with van der Waals surface area (Å²) in [6, 6.07) is 4.72. The van der Waals surface area contributed by atoms with Gasteiger partial charge in [0.05, 0.1) is 11.1 Å². The van der Waals surface area contributed by atoms with Gasteiger partial charge in [-0.3, -0.25) is 9.89 Å². The van der Waals surface area contributed by atoms with E-state index in [0.717, 1.165) is 0 Å². The van der Waals surface area contributed by atoms with Crippen LogP contribution < -0.4 is 0 Å². The van der Waals surface area contributed by atoms with Gasteiger partial charge in [-0.25, -0.2) is 8.42 Å². The highest BCUT2D eigenvalue weighted by atomic mass is 32.2. The van der Waals surface area contributed by atoms with Crippen LogP contribution in [0.25, 0.3) is 0 Å². The number of nitrogens with one attached hydrogen (secondary N) is 1. The van der Waals surface area contributed by atoms with Crippen LogP contribution in [0.3, 0.4) is 0 Å². The van der Waals surface area contributed by atoms with Crippen LogP contribution >= 0.6 is 0 Å². The van der Waals surface area contributed by atoms with Crippen molar-refractivity contribution < 1.29 is 18.3 Å². The first-order chi connectivity index (χ1) is 11.8. The normalized spacial score (nSPS) is 22.1. The molecule has 2 N–H and O–H groups in total. The van der Waals surface area contributed by atoms with Gasteiger partial charge in [-0.2, -0.15) is 4.31 Å². The number of aromatic nitrogens is 3. The van der Waals surface area contributed by atoms with Gasteiger partial charge < -0.3 is 10.0 Å². The molecule has 1 saturated heterocycles. The van der Waals surface area contributed by atoms with Gasteiger partial charge in [-0.1, -0.05) is 5.21 Å². The van der Waals surface area contributed by atoms with E-state index >= 15 is 0 Å². The second kappa shape index (κ2) is 6.45. The molecule has 10 heteroatoms. The summed E-state index contributed by atoms with van der Waals surface area (Å²) in [5.74, 6) is -0.255. The van der Waals surface area contributed by atoms with Gasteiger partial charge in [-0.05, 0) is 38.1 Å². The molecule has 0 bridgehead atoms. The Balaban J connectivity index is 1.82. The molecule has 1 aromatic heterocycles. The maximum absolute atomic E-state index is 12.9. The number of carbonyl (C=O) groups is 1. The van der Waals surface area contributed by atoms with Crippen LogP contribution in [0.1, 0.15) is 24.3 Å². The fraction of sp³-hybridized carbons (Fsp3) is 0.400. The number of phenols is 1. The Bertz CT molecular complexity index is 851. The minimum atomic E-state index is -3.71. The molecule has 1 aliphatic heterocycles. The minimum absolute atomic E-state index is 0.00366. The van der Waals surface area contributed by atoms with Crippen LogP contribution in [-0.2, 0) is 10.0 Å². The van der Waals surface area contributed by atoms with Crippen molar-refractivity contribution in [2.45, 2.75) is 30.8 Å². The largest absolute Gasteiger partial charge is 0.508 e. The molecular formula is C15H19N5O4S. The third kappa shape index (κ3) is 3.22. The number of rotatable bonds is 3. The Morgan fingerprint density at radius 2 is 1.88 bits per heavy atom. The molecular weight excluding hydrogens is 346 g/mol. The summed E-state index contributed by atoms with van der Waals surface area (Å²) < 4.78 is 27.1. The average molecular weight is 365 g/mol. The molecule has 134 valence electrons. The Morgan fingerprint density at radius 3 is 2.48 bits per heavy atom. The molecule has 2 heterocycles. The third-order valence-electron chi connectivity index (χ3n) is 4.28. The van der Waals surface area contributed by atoms with E-state index in [1.54, 1.807) is 18.7 Å². The van der Waals surface area contributed by atoms with Gasteiger partial charge in [0.25, 0.3) is 5.91 Å². The highest BCUT2D eigenvalue weighted by Crippen LogP contribution is 2.25. The fourth-order valence-electron chi connectivity index (χ4n) is 2.92. The van der Waals surface area contributed by atoms with Crippen molar-refractivity contribution in [1.82, 2.24) is 24.6 Å². The summed E-state index contributed by atoms with van der Waals surface area (Å²) in [7, 11) is -3.71. The molecule has 0 aliphatic carbocycles. The van der Waals surface area contributed by atoms with E-state index < -0.39 is 16.1 Å². The van der Waals surface area contributed by atoms with E-state index in [2.05, 4.69) is 15.4 Å². The lowest BCUT2D eigenvalue weighted by atomic mass is 10.1. The smallest absolute Gasteiger partial charge is 0.273 e. The first-order valence-corrected chi connectivity index (χ1v) is 9.22. The summed E-state index contributed by atoms with van der Waals surface area (Å²) in [5.41, 5.74) is 0.272. The molecule has 25 heavy (non-hydrogen) atoms. The van der Waals surface area contributed by atoms with E-state index in [-0.39, 0.29) is 41.4 Å². The molecule has 3 rings (SSSR count). The first-order valence-electron chi connectivity index (χ1n) is 7.78. The van der Waals surface area contributed by atoms with Crippen LogP contribution in [0.2, 0.25) is 0 Å². The lowest BCUT2D eigenvalue weighted by Gasteiger charge is -2.43. The monoisotopic (exact) mass is 365 g/mol. The summed E-state index contributed by atoms with van der Waals surface area (Å²) in [6.07, 6.45) is 1.35. The molecule has 0 radical (unpaired) electrons. The molecule has 2 atom stereocenters. The van der Waals surface area contributed by atoms with Crippen LogP contribution in [0.15, 0.2) is 35.4 Å². The van der Waals surface area contributed by atoms with E-state index in [1.807, 2.05) is 0 Å². The predicted octanol–water partition coefficient (Wildman–Crippen LogP) is 0.434. The molecule has 9 nitrogen and oxygen atoms in total. The van der Waals surface area contributed by atoms with Crippen molar-refractivity contribution in [2.24, 2.45) is 0 Å². The van der Waals surface area contributed by atoms with Crippen LogP contribution in [0, 0.1) is 0 Å². The zero-order valence-corrected chi connectivity index (χ0v) is 14.6. The second-order valence-corrected chi connectivity index (χ2v) is 7.98. The number of phenolic OH excluding ortho intramolecular Hbond substituents is 1. The van der Waals surface area contributed by atoms with Gasteiger partial charge in [-0.15, -0.1) is 5.10 Å². The number of benzene rings is 1. The number of nitrogens with zero attached hydrogens (tertiary/aromatic N) is 4. The van der Waals surface area contributed by atoms with Crippen molar-refractivity contribution in [3.8, 4) is 5.75 Å². The molecule has 1 fully saturated rings. The van der Waals surface area contributed by atoms with Crippen molar-refractivity contribution in [3.63, 3.8) is 0 Å². The Kier molecular flexibility index (Phi) is 4.48. The number of hydrogen-bond acceptors (Lipinski definition) is 6. The maximum Gasteiger partial charge on any atom is 0.273 e. The summed E-state index contributed by atoms with van der Waals surface area (Å²) >= 11 is 0. The standard InChI is InChI=1S/C15H19N5O4S/c1-10-9-20(25(23,24)13-5-3-12(21)4-6-13)11(2)8-19(10)15(22)14-7-16-18-17-14/h3-7,10-11,21H,8-9H2,1-2H3,(H,16,17,18)/t10-,11+/m0/s1. The molecule has 0 spiro atoms. The molecule has 2 aromatic rings. The van der Waals surface area contributed by atoms with Crippen molar-refractivity contribution >= 4 is 15.9 Å². The predicted molar refractivity (Wildman–Crippen MR) is 88.3 cm³/mol. The maximum atomic E-state index is 12.9. The van der Waals surface area contributed by atoms with E-state index in [4.69, 9.17) is 0 Å². The first kappa shape index (κ1) is 17.4. The van der Waals surface area contributed by atoms with Crippen molar-refractivity contribution in [3.05, 3.63) is 36.2 Å². The van der Waals surface area contributed by atoms with Crippen LogP contribution in [-0.4, -0.2) is 69.2 Å². The minimum Gasteiger partial charge on any atom is -0.508 e. The number of carbonyl (C=O) groups excluding carboxylic acids is 1. The molecule has 1 amide bonds. The number of piperazine rings is 1. The molecule has 0 saturated carbocycles. The van der Waals surface area contributed by atoms with E-state index in [0.29, 0.717) is 0 Å². The molecule has 1 aromatic carbocycles. The Morgan fingerprint density at radius 1 is 1.20 bits per heavy atom. The topological polar surface area (TPSA) is 119 Å². The van der Waals surface area contributed by atoms with E-state index in [9.17, 15) is 18.3 Å². The van der Waals surface area contributed by atoms with Crippen molar-refractivity contribution in [1.29, 1.82) is 0 Å². The van der Waals surface area contributed by atoms with Gasteiger partial charge in [0, 0.05) is 25.2 Å². The fourth-order valence-corrected chi connectivity index (χ4v) is 4.63. The van der Waals surface area contributed by atoms with Gasteiger partial charge in [0.2, 0.25) is 10.0 Å². The number of aromatic amines is 1. The summed E-state index contributed by atoms with van der Waals surface area (Å²) in [4.78, 5) is 14.2. The van der Waals surface area contributed by atoms with Gasteiger partial charge in [0.15, 0.2) is 0 Å². The molecule has 1 aliphatic rings. The highest BCUT2D eigenvalue weighted by molar-refractivity contribution is 7.89. The zero-order chi connectivity index (χ0) is 18.2. The number of hydrogen-bond donors (Lipinski definition) is 2. The van der Waals surface area contributed by atoms with Crippen molar-refractivity contribution in [2.75, 3.05) is 13.1 Å². The number of amides is 1. The third-order valence-corrected chi connectivity index (χ3v) is 6.27. The van der Waals surface area contributed by atoms with Gasteiger partial charge in [0.1, 0.15) is 11.4 Å². The number of H-pyrrole nitrogens is 1. The number of sulfonamides is 1. The lowest BCUT2D eigenvalue weighted by molar-refractivity contribution is 0.0501. The summed E-state index contributed by atoms with van der Waals surface area (Å²) in [5, 5.41) is 19.0. The van der Waals surface area contributed by atoms with Gasteiger partial charge >= 0.3 is 0 Å². The average Bonchev–Trinajstić information content (AvgIpc) is 3.11. The van der Waals surface area contributed by atoms with Crippen LogP contribution in [0.5, 0.6) is 5.75 Å². The molecule has 0 unspecified atom stereocenters. The zero-order valence-electron chi connectivity index (χ0n) is 13.8. The Hall–Kier alpha value is -2.46. The summed E-state index contributed by atoms with van der Waals surface area (Å²) in [6.45, 7) is 4.00.